The molecular formula is C9H9ClN4O2S2. The minimum absolute atomic E-state index is 0.00852. The highest BCUT2D eigenvalue weighted by atomic mass is 35.5. The Hall–Kier alpha value is -1.38. The quantitative estimate of drug-likeness (QED) is 0.844. The molecule has 0 aliphatic heterocycles. The Kier molecular flexibility index (Phi) is 3.42. The predicted octanol–water partition coefficient (Wildman–Crippen LogP) is 1.88. The Balaban J connectivity index is 2.42. The Labute approximate surface area is 113 Å². The van der Waals surface area contributed by atoms with Gasteiger partial charge in [-0.25, -0.2) is 8.42 Å². The zero-order valence-electron chi connectivity index (χ0n) is 9.21. The molecule has 2 rings (SSSR count). The molecule has 1 aromatic carbocycles. The average Bonchev–Trinajstić information content (AvgIpc) is 2.77. The molecule has 0 radical (unpaired) electrons. The Morgan fingerprint density at radius 3 is 2.72 bits per heavy atom. The number of anilines is 2. The SMILES string of the molecule is Cc1c(N)cc(S(=O)(=O)Nc2nncs2)cc1Cl. The molecule has 0 aliphatic carbocycles. The van der Waals surface area contributed by atoms with E-state index >= 15 is 0 Å². The highest BCUT2D eigenvalue weighted by Gasteiger charge is 2.18. The van der Waals surface area contributed by atoms with E-state index in [1.54, 1.807) is 6.92 Å². The van der Waals surface area contributed by atoms with Gasteiger partial charge in [-0.3, -0.25) is 4.72 Å². The maximum atomic E-state index is 12.0. The predicted molar refractivity (Wildman–Crippen MR) is 71.3 cm³/mol. The van der Waals surface area contributed by atoms with Crippen molar-refractivity contribution in [2.75, 3.05) is 10.5 Å². The van der Waals surface area contributed by atoms with E-state index in [-0.39, 0.29) is 10.0 Å². The zero-order chi connectivity index (χ0) is 13.3. The molecule has 3 N–H and O–H groups in total. The first-order valence-corrected chi connectivity index (χ1v) is 7.49. The molecule has 0 amide bonds. The number of hydrogen-bond donors (Lipinski definition) is 2. The highest BCUT2D eigenvalue weighted by Crippen LogP contribution is 2.27. The van der Waals surface area contributed by atoms with Crippen molar-refractivity contribution in [1.82, 2.24) is 10.2 Å². The molecular weight excluding hydrogens is 296 g/mol. The van der Waals surface area contributed by atoms with E-state index in [1.165, 1.54) is 17.6 Å². The molecule has 0 unspecified atom stereocenters. The van der Waals surface area contributed by atoms with E-state index < -0.39 is 10.0 Å². The van der Waals surface area contributed by atoms with E-state index in [1.807, 2.05) is 0 Å². The van der Waals surface area contributed by atoms with Crippen molar-refractivity contribution < 1.29 is 8.42 Å². The van der Waals surface area contributed by atoms with Gasteiger partial charge in [-0.2, -0.15) is 0 Å². The topological polar surface area (TPSA) is 98.0 Å². The van der Waals surface area contributed by atoms with Crippen molar-refractivity contribution in [1.29, 1.82) is 0 Å². The van der Waals surface area contributed by atoms with Crippen LogP contribution in [0.15, 0.2) is 22.5 Å². The molecule has 9 heteroatoms. The molecule has 0 bridgehead atoms. The fourth-order valence-electron chi connectivity index (χ4n) is 1.22. The van der Waals surface area contributed by atoms with Crippen molar-refractivity contribution in [2.45, 2.75) is 11.8 Å². The van der Waals surface area contributed by atoms with Gasteiger partial charge >= 0.3 is 0 Å². The number of hydrogen-bond acceptors (Lipinski definition) is 6. The monoisotopic (exact) mass is 304 g/mol. The standard InChI is InChI=1S/C9H9ClN4O2S2/c1-5-7(10)2-6(3-8(5)11)18(15,16)14-9-13-12-4-17-9/h2-4H,11H2,1H3,(H,13,14). The van der Waals surface area contributed by atoms with Gasteiger partial charge in [-0.1, -0.05) is 22.9 Å². The number of halogens is 1. The summed E-state index contributed by atoms with van der Waals surface area (Å²) in [5.74, 6) is 0. The number of aromatic nitrogens is 2. The molecule has 96 valence electrons. The number of nitrogens with one attached hydrogen (secondary N) is 1. The van der Waals surface area contributed by atoms with Crippen LogP contribution in [-0.4, -0.2) is 18.6 Å². The van der Waals surface area contributed by atoms with E-state index in [9.17, 15) is 8.42 Å². The van der Waals surface area contributed by atoms with Crippen LogP contribution in [0.1, 0.15) is 5.56 Å². The first kappa shape index (κ1) is 13.1. The Morgan fingerprint density at radius 1 is 1.44 bits per heavy atom. The molecule has 0 saturated heterocycles. The van der Waals surface area contributed by atoms with Gasteiger partial charge in [0, 0.05) is 10.7 Å². The van der Waals surface area contributed by atoms with Crippen molar-refractivity contribution in [3.05, 3.63) is 28.2 Å². The smallest absolute Gasteiger partial charge is 0.263 e. The molecule has 0 atom stereocenters. The summed E-state index contributed by atoms with van der Waals surface area (Å²) in [6.07, 6.45) is 0. The maximum Gasteiger partial charge on any atom is 0.263 e. The van der Waals surface area contributed by atoms with Gasteiger partial charge in [0.25, 0.3) is 10.0 Å². The summed E-state index contributed by atoms with van der Waals surface area (Å²) in [5.41, 5.74) is 8.08. The first-order chi connectivity index (χ1) is 8.40. The summed E-state index contributed by atoms with van der Waals surface area (Å²) in [6.45, 7) is 1.71. The van der Waals surface area contributed by atoms with E-state index in [2.05, 4.69) is 14.9 Å². The number of sulfonamides is 1. The van der Waals surface area contributed by atoms with E-state index in [4.69, 9.17) is 17.3 Å². The van der Waals surface area contributed by atoms with Crippen LogP contribution in [-0.2, 0) is 10.0 Å². The summed E-state index contributed by atoms with van der Waals surface area (Å²) in [6, 6.07) is 2.70. The lowest BCUT2D eigenvalue weighted by molar-refractivity contribution is 0.601. The van der Waals surface area contributed by atoms with Gasteiger partial charge in [0.05, 0.1) is 4.90 Å². The van der Waals surface area contributed by atoms with E-state index in [0.717, 1.165) is 11.3 Å². The molecule has 2 aromatic rings. The Morgan fingerprint density at radius 2 is 2.17 bits per heavy atom. The van der Waals surface area contributed by atoms with Crippen molar-refractivity contribution in [2.24, 2.45) is 0 Å². The molecule has 1 heterocycles. The molecule has 18 heavy (non-hydrogen) atoms. The third kappa shape index (κ3) is 2.55. The first-order valence-electron chi connectivity index (χ1n) is 4.75. The van der Waals surface area contributed by atoms with Crippen molar-refractivity contribution >= 4 is 43.8 Å². The van der Waals surface area contributed by atoms with Crippen LogP contribution in [0, 0.1) is 6.92 Å². The lowest BCUT2D eigenvalue weighted by atomic mass is 10.2. The van der Waals surface area contributed by atoms with Crippen LogP contribution in [0.5, 0.6) is 0 Å². The molecule has 1 aromatic heterocycles. The number of nitrogens with two attached hydrogens (primary N) is 1. The zero-order valence-corrected chi connectivity index (χ0v) is 11.6. The van der Waals surface area contributed by atoms with Crippen LogP contribution in [0.3, 0.4) is 0 Å². The van der Waals surface area contributed by atoms with Gasteiger partial charge in [-0.15, -0.1) is 10.2 Å². The van der Waals surface area contributed by atoms with Crippen molar-refractivity contribution in [3.8, 4) is 0 Å². The minimum atomic E-state index is -3.75. The number of rotatable bonds is 3. The molecule has 0 saturated carbocycles. The van der Waals surface area contributed by atoms with Crippen LogP contribution >= 0.6 is 22.9 Å². The second kappa shape index (κ2) is 4.71. The number of benzene rings is 1. The Bertz CT molecular complexity index is 647. The summed E-state index contributed by atoms with van der Waals surface area (Å²) in [5, 5.41) is 7.63. The summed E-state index contributed by atoms with van der Waals surface area (Å²) in [4.78, 5) is -0.00852. The summed E-state index contributed by atoms with van der Waals surface area (Å²) < 4.78 is 26.3. The van der Waals surface area contributed by atoms with Gasteiger partial charge in [-0.05, 0) is 24.6 Å². The van der Waals surface area contributed by atoms with Crippen LogP contribution in [0.2, 0.25) is 5.02 Å². The van der Waals surface area contributed by atoms with Gasteiger partial charge in [0.15, 0.2) is 0 Å². The van der Waals surface area contributed by atoms with Crippen LogP contribution < -0.4 is 10.5 Å². The fourth-order valence-corrected chi connectivity index (χ4v) is 3.27. The largest absolute Gasteiger partial charge is 0.398 e. The van der Waals surface area contributed by atoms with Gasteiger partial charge < -0.3 is 5.73 Å². The van der Waals surface area contributed by atoms with Crippen LogP contribution in [0.4, 0.5) is 10.8 Å². The lowest BCUT2D eigenvalue weighted by Crippen LogP contribution is -2.13. The molecule has 0 aliphatic rings. The number of nitrogens with zero attached hydrogens (tertiary/aromatic N) is 2. The normalized spacial score (nSPS) is 11.4. The van der Waals surface area contributed by atoms with Crippen LogP contribution in [0.25, 0.3) is 0 Å². The second-order valence-electron chi connectivity index (χ2n) is 3.47. The van der Waals surface area contributed by atoms with E-state index in [0.29, 0.717) is 16.3 Å². The van der Waals surface area contributed by atoms with Gasteiger partial charge in [0.2, 0.25) is 5.13 Å². The molecule has 6 nitrogen and oxygen atoms in total. The third-order valence-electron chi connectivity index (χ3n) is 2.25. The summed E-state index contributed by atoms with van der Waals surface area (Å²) in [7, 11) is -3.75. The average molecular weight is 305 g/mol. The highest BCUT2D eigenvalue weighted by molar-refractivity contribution is 7.93. The maximum absolute atomic E-state index is 12.0. The van der Waals surface area contributed by atoms with Gasteiger partial charge in [0.1, 0.15) is 5.51 Å². The second-order valence-corrected chi connectivity index (χ2v) is 6.39. The number of nitrogen functional groups attached to an aromatic ring is 1. The minimum Gasteiger partial charge on any atom is -0.398 e. The summed E-state index contributed by atoms with van der Waals surface area (Å²) >= 11 is 6.99. The van der Waals surface area contributed by atoms with Crippen molar-refractivity contribution in [3.63, 3.8) is 0 Å². The lowest BCUT2D eigenvalue weighted by Gasteiger charge is -2.08. The molecule has 0 fully saturated rings. The molecule has 0 spiro atoms. The fraction of sp³-hybridized carbons (Fsp3) is 0.111. The third-order valence-corrected chi connectivity index (χ3v) is 4.70.